The van der Waals surface area contributed by atoms with E-state index >= 15 is 0 Å². The predicted molar refractivity (Wildman–Crippen MR) is 128 cm³/mol. The summed E-state index contributed by atoms with van der Waals surface area (Å²) in [5.74, 6) is 0.950. The molecule has 1 heterocycles. The van der Waals surface area contributed by atoms with Crippen LogP contribution in [0.1, 0.15) is 49.7 Å². The Morgan fingerprint density at radius 2 is 1.81 bits per heavy atom. The van der Waals surface area contributed by atoms with E-state index in [0.29, 0.717) is 11.8 Å². The maximum absolute atomic E-state index is 13.2. The molecule has 172 valence electrons. The third-order valence-electron chi connectivity index (χ3n) is 7.15. The summed E-state index contributed by atoms with van der Waals surface area (Å²) in [5, 5.41) is 6.31. The van der Waals surface area contributed by atoms with Crippen molar-refractivity contribution in [3.8, 4) is 0 Å². The van der Waals surface area contributed by atoms with Crippen LogP contribution in [0.4, 0.5) is 14.9 Å². The van der Waals surface area contributed by atoms with Crippen LogP contribution in [0.3, 0.4) is 0 Å². The van der Waals surface area contributed by atoms with E-state index in [1.54, 1.807) is 12.1 Å². The molecule has 4 nitrogen and oxygen atoms in total. The molecule has 2 N–H and O–H groups in total. The largest absolute Gasteiger partial charge is 0.335 e. The molecule has 2 aromatic carbocycles. The Labute approximate surface area is 191 Å². The zero-order valence-corrected chi connectivity index (χ0v) is 19.2. The molecule has 1 saturated carbocycles. The summed E-state index contributed by atoms with van der Waals surface area (Å²) in [5.41, 5.74) is 3.17. The molecule has 3 atom stereocenters. The van der Waals surface area contributed by atoms with Crippen LogP contribution in [0.15, 0.2) is 48.5 Å². The van der Waals surface area contributed by atoms with E-state index in [1.807, 2.05) is 43.3 Å². The number of nitrogens with zero attached hydrogens (tertiary/aromatic N) is 1. The van der Waals surface area contributed by atoms with Gasteiger partial charge >= 0.3 is 6.03 Å². The van der Waals surface area contributed by atoms with Gasteiger partial charge < -0.3 is 15.5 Å². The van der Waals surface area contributed by atoms with Crippen LogP contribution in [0.25, 0.3) is 0 Å². The van der Waals surface area contributed by atoms with E-state index in [4.69, 9.17) is 0 Å². The maximum atomic E-state index is 13.2. The van der Waals surface area contributed by atoms with E-state index in [9.17, 15) is 9.18 Å². The van der Waals surface area contributed by atoms with Crippen LogP contribution in [-0.2, 0) is 6.42 Å². The number of carbonyl (C=O) groups is 1. The molecule has 1 aliphatic heterocycles. The van der Waals surface area contributed by atoms with Crippen molar-refractivity contribution in [2.24, 2.45) is 11.8 Å². The lowest BCUT2D eigenvalue weighted by Crippen LogP contribution is -2.49. The highest BCUT2D eigenvalue weighted by Gasteiger charge is 2.30. The first-order valence-corrected chi connectivity index (χ1v) is 12.2. The summed E-state index contributed by atoms with van der Waals surface area (Å²) in [7, 11) is 0. The second kappa shape index (κ2) is 11.0. The highest BCUT2D eigenvalue weighted by atomic mass is 19.1. The summed E-state index contributed by atoms with van der Waals surface area (Å²) in [4.78, 5) is 15.3. The molecule has 32 heavy (non-hydrogen) atoms. The first-order valence-electron chi connectivity index (χ1n) is 12.2. The lowest BCUT2D eigenvalue weighted by atomic mass is 9.83. The van der Waals surface area contributed by atoms with Gasteiger partial charge in [0.05, 0.1) is 0 Å². The fourth-order valence-corrected chi connectivity index (χ4v) is 5.43. The molecule has 1 saturated heterocycles. The van der Waals surface area contributed by atoms with Gasteiger partial charge in [0.1, 0.15) is 5.82 Å². The van der Waals surface area contributed by atoms with Gasteiger partial charge in [0, 0.05) is 24.8 Å². The molecule has 0 spiro atoms. The smallest absolute Gasteiger partial charge is 0.319 e. The predicted octanol–water partition coefficient (Wildman–Crippen LogP) is 5.77. The molecule has 2 aliphatic rings. The van der Waals surface area contributed by atoms with Crippen LogP contribution >= 0.6 is 0 Å². The summed E-state index contributed by atoms with van der Waals surface area (Å²) < 4.78 is 13.2. The fourth-order valence-electron chi connectivity index (χ4n) is 5.43. The highest BCUT2D eigenvalue weighted by molar-refractivity contribution is 5.90. The minimum Gasteiger partial charge on any atom is -0.335 e. The molecule has 1 aliphatic carbocycles. The second-order valence-electron chi connectivity index (χ2n) is 9.66. The zero-order valence-electron chi connectivity index (χ0n) is 19.2. The Morgan fingerprint density at radius 1 is 1.03 bits per heavy atom. The number of benzene rings is 2. The minimum absolute atomic E-state index is 0.0935. The van der Waals surface area contributed by atoms with Gasteiger partial charge in [-0.05, 0) is 86.7 Å². The molecular weight excluding hydrogens is 401 g/mol. The second-order valence-corrected chi connectivity index (χ2v) is 9.66. The number of hydrogen-bond acceptors (Lipinski definition) is 2. The number of halogens is 1. The number of nitrogens with one attached hydrogen (secondary N) is 2. The van der Waals surface area contributed by atoms with Crippen molar-refractivity contribution in [2.75, 3.05) is 25.0 Å². The Kier molecular flexibility index (Phi) is 7.80. The Morgan fingerprint density at radius 3 is 2.62 bits per heavy atom. The molecule has 4 rings (SSSR count). The summed E-state index contributed by atoms with van der Waals surface area (Å²) in [6, 6.07) is 15.0. The Hall–Kier alpha value is -2.40. The summed E-state index contributed by atoms with van der Waals surface area (Å²) in [6.45, 7) is 5.29. The molecule has 2 fully saturated rings. The first-order chi connectivity index (χ1) is 15.6. The SMILES string of the molecule is Cc1ccccc1NC(=O)N[C@@H]1CCCC[C@H]1CN1CCC[C@@H](Cc2ccc(F)cc2)C1. The number of aryl methyl sites for hydroxylation is 1. The van der Waals surface area contributed by atoms with E-state index in [1.165, 1.54) is 37.7 Å². The van der Waals surface area contributed by atoms with E-state index in [0.717, 1.165) is 43.7 Å². The topological polar surface area (TPSA) is 44.4 Å². The van der Waals surface area contributed by atoms with Crippen molar-refractivity contribution in [3.63, 3.8) is 0 Å². The van der Waals surface area contributed by atoms with Crippen molar-refractivity contribution >= 4 is 11.7 Å². The average molecular weight is 438 g/mol. The molecule has 2 aromatic rings. The molecule has 0 radical (unpaired) electrons. The van der Waals surface area contributed by atoms with Crippen LogP contribution < -0.4 is 10.6 Å². The molecule has 0 bridgehead atoms. The third-order valence-corrected chi connectivity index (χ3v) is 7.15. The summed E-state index contributed by atoms with van der Waals surface area (Å²) in [6.07, 6.45) is 8.12. The third kappa shape index (κ3) is 6.32. The monoisotopic (exact) mass is 437 g/mol. The van der Waals surface area contributed by atoms with Gasteiger partial charge in [0.2, 0.25) is 0 Å². The lowest BCUT2D eigenvalue weighted by molar-refractivity contribution is 0.123. The van der Waals surface area contributed by atoms with Crippen molar-refractivity contribution in [2.45, 2.75) is 57.9 Å². The number of carbonyl (C=O) groups excluding carboxylic acids is 1. The van der Waals surface area contributed by atoms with Gasteiger partial charge in [0.25, 0.3) is 0 Å². The number of hydrogen-bond donors (Lipinski definition) is 2. The van der Waals surface area contributed by atoms with Crippen molar-refractivity contribution in [1.29, 1.82) is 0 Å². The standard InChI is InChI=1S/C27H36FN3O/c1-20-7-2-4-10-25(20)29-27(32)30-26-11-5-3-9-23(26)19-31-16-6-8-22(18-31)17-21-12-14-24(28)15-13-21/h2,4,7,10,12-15,22-23,26H,3,5-6,8-9,11,16-19H2,1H3,(H2,29,30,32)/t22-,23-,26+/m0/s1. The Balaban J connectivity index is 1.30. The van der Waals surface area contributed by atoms with Gasteiger partial charge in [-0.2, -0.15) is 0 Å². The van der Waals surface area contributed by atoms with E-state index < -0.39 is 0 Å². The molecule has 0 unspecified atom stereocenters. The van der Waals surface area contributed by atoms with Gasteiger partial charge in [-0.15, -0.1) is 0 Å². The molecule has 0 aromatic heterocycles. The Bertz CT molecular complexity index is 885. The molecule has 5 heteroatoms. The van der Waals surface area contributed by atoms with Crippen molar-refractivity contribution in [1.82, 2.24) is 10.2 Å². The fraction of sp³-hybridized carbons (Fsp3) is 0.519. The van der Waals surface area contributed by atoms with Crippen LogP contribution in [0.2, 0.25) is 0 Å². The number of anilines is 1. The quantitative estimate of drug-likeness (QED) is 0.603. The van der Waals surface area contributed by atoms with E-state index in [-0.39, 0.29) is 17.9 Å². The number of amides is 2. The molecule has 2 amide bonds. The normalized spacial score (nSPS) is 24.1. The summed E-state index contributed by atoms with van der Waals surface area (Å²) >= 11 is 0. The molecular formula is C27H36FN3O. The van der Waals surface area contributed by atoms with Crippen LogP contribution in [0, 0.1) is 24.6 Å². The number of likely N-dealkylation sites (tertiary alicyclic amines) is 1. The zero-order chi connectivity index (χ0) is 22.3. The highest BCUT2D eigenvalue weighted by Crippen LogP contribution is 2.28. The van der Waals surface area contributed by atoms with Gasteiger partial charge in [0.15, 0.2) is 0 Å². The minimum atomic E-state index is -0.165. The number of rotatable bonds is 6. The number of piperidine rings is 1. The number of para-hydroxylation sites is 1. The van der Waals surface area contributed by atoms with E-state index in [2.05, 4.69) is 15.5 Å². The van der Waals surface area contributed by atoms with Gasteiger partial charge in [-0.1, -0.05) is 43.2 Å². The van der Waals surface area contributed by atoms with Crippen LogP contribution in [0.5, 0.6) is 0 Å². The average Bonchev–Trinajstić information content (AvgIpc) is 2.79. The lowest BCUT2D eigenvalue weighted by Gasteiger charge is -2.39. The van der Waals surface area contributed by atoms with Gasteiger partial charge in [-0.3, -0.25) is 0 Å². The number of urea groups is 1. The van der Waals surface area contributed by atoms with Gasteiger partial charge in [-0.25, -0.2) is 9.18 Å². The first kappa shape index (κ1) is 22.8. The maximum Gasteiger partial charge on any atom is 0.319 e. The van der Waals surface area contributed by atoms with Crippen molar-refractivity contribution in [3.05, 3.63) is 65.5 Å². The van der Waals surface area contributed by atoms with Crippen molar-refractivity contribution < 1.29 is 9.18 Å². The van der Waals surface area contributed by atoms with Crippen LogP contribution in [-0.4, -0.2) is 36.6 Å².